The van der Waals surface area contributed by atoms with Crippen molar-refractivity contribution >= 4 is 11.6 Å². The van der Waals surface area contributed by atoms with Crippen LogP contribution in [-0.4, -0.2) is 24.0 Å². The zero-order valence-electron chi connectivity index (χ0n) is 10.2. The van der Waals surface area contributed by atoms with Crippen LogP contribution in [0.3, 0.4) is 0 Å². The van der Waals surface area contributed by atoms with Gasteiger partial charge in [0, 0.05) is 13.1 Å². The maximum absolute atomic E-state index is 11.0. The van der Waals surface area contributed by atoms with E-state index in [2.05, 4.69) is 11.9 Å². The smallest absolute Gasteiger partial charge is 0.236 e. The molecular formula is C12H20N4O. The number of carbonyl (C=O) groups is 1. The number of carbonyl (C=O) groups excluding carboxylic acids is 1. The van der Waals surface area contributed by atoms with Gasteiger partial charge in [-0.15, -0.1) is 0 Å². The van der Waals surface area contributed by atoms with Gasteiger partial charge in [0.25, 0.3) is 0 Å². The Labute approximate surface area is 102 Å². The standard InChI is InChI=1S/C12H20N4O/c1-2-3-6-16(9-12(14)17)11-5-4-10(7-13)15-8-11/h4-5,8H,2-3,6-7,9,13H2,1H3,(H2,14,17). The third-order valence-electron chi connectivity index (χ3n) is 2.51. The summed E-state index contributed by atoms with van der Waals surface area (Å²) in [6.45, 7) is 3.57. The van der Waals surface area contributed by atoms with Crippen LogP contribution in [0.15, 0.2) is 18.3 Å². The summed E-state index contributed by atoms with van der Waals surface area (Å²) in [5, 5.41) is 0. The van der Waals surface area contributed by atoms with Crippen molar-refractivity contribution in [3.8, 4) is 0 Å². The minimum absolute atomic E-state index is 0.226. The molecule has 1 aromatic heterocycles. The lowest BCUT2D eigenvalue weighted by Crippen LogP contribution is -2.34. The van der Waals surface area contributed by atoms with Crippen molar-refractivity contribution in [2.45, 2.75) is 26.3 Å². The zero-order valence-corrected chi connectivity index (χ0v) is 10.2. The molecule has 0 fully saturated rings. The van der Waals surface area contributed by atoms with Gasteiger partial charge in [0.15, 0.2) is 0 Å². The number of amides is 1. The number of aromatic nitrogens is 1. The highest BCUT2D eigenvalue weighted by Gasteiger charge is 2.09. The van der Waals surface area contributed by atoms with Crippen LogP contribution in [0.4, 0.5) is 5.69 Å². The van der Waals surface area contributed by atoms with Gasteiger partial charge in [-0.1, -0.05) is 13.3 Å². The molecule has 1 rings (SSSR count). The molecule has 0 aliphatic carbocycles. The van der Waals surface area contributed by atoms with Gasteiger partial charge in [-0.3, -0.25) is 9.78 Å². The highest BCUT2D eigenvalue weighted by atomic mass is 16.1. The van der Waals surface area contributed by atoms with E-state index < -0.39 is 0 Å². The number of rotatable bonds is 7. The first-order valence-electron chi connectivity index (χ1n) is 5.85. The molecule has 1 aromatic rings. The Morgan fingerprint density at radius 3 is 2.71 bits per heavy atom. The predicted molar refractivity (Wildman–Crippen MR) is 68.4 cm³/mol. The number of nitrogens with two attached hydrogens (primary N) is 2. The van der Waals surface area contributed by atoms with Crippen LogP contribution in [0.5, 0.6) is 0 Å². The fourth-order valence-electron chi connectivity index (χ4n) is 1.56. The lowest BCUT2D eigenvalue weighted by atomic mass is 10.2. The maximum Gasteiger partial charge on any atom is 0.236 e. The van der Waals surface area contributed by atoms with Crippen LogP contribution >= 0.6 is 0 Å². The van der Waals surface area contributed by atoms with Gasteiger partial charge < -0.3 is 16.4 Å². The molecule has 0 spiro atoms. The summed E-state index contributed by atoms with van der Waals surface area (Å²) in [7, 11) is 0. The Kier molecular flexibility index (Phi) is 5.42. The summed E-state index contributed by atoms with van der Waals surface area (Å²) in [4.78, 5) is 17.2. The van der Waals surface area contributed by atoms with Gasteiger partial charge in [0.05, 0.1) is 24.1 Å². The average molecular weight is 236 g/mol. The normalized spacial score (nSPS) is 10.2. The first-order chi connectivity index (χ1) is 8.17. The molecule has 0 aromatic carbocycles. The van der Waals surface area contributed by atoms with E-state index in [1.54, 1.807) is 6.20 Å². The molecule has 0 radical (unpaired) electrons. The molecule has 0 aliphatic heterocycles. The predicted octanol–water partition coefficient (Wildman–Crippen LogP) is 0.632. The summed E-state index contributed by atoms with van der Waals surface area (Å²) in [6.07, 6.45) is 3.83. The number of pyridine rings is 1. The van der Waals surface area contributed by atoms with Crippen LogP contribution in [-0.2, 0) is 11.3 Å². The number of hydrogen-bond donors (Lipinski definition) is 2. The molecule has 1 amide bonds. The van der Waals surface area contributed by atoms with Crippen LogP contribution < -0.4 is 16.4 Å². The van der Waals surface area contributed by atoms with E-state index in [1.165, 1.54) is 0 Å². The average Bonchev–Trinajstić information content (AvgIpc) is 2.34. The van der Waals surface area contributed by atoms with E-state index in [0.717, 1.165) is 30.8 Å². The van der Waals surface area contributed by atoms with E-state index >= 15 is 0 Å². The Balaban J connectivity index is 2.75. The van der Waals surface area contributed by atoms with Crippen LogP contribution in [0.1, 0.15) is 25.5 Å². The van der Waals surface area contributed by atoms with Gasteiger partial charge >= 0.3 is 0 Å². The zero-order chi connectivity index (χ0) is 12.7. The summed E-state index contributed by atoms with van der Waals surface area (Å²) in [5.41, 5.74) is 12.5. The quantitative estimate of drug-likeness (QED) is 0.727. The number of unbranched alkanes of at least 4 members (excludes halogenated alkanes) is 1. The third-order valence-corrected chi connectivity index (χ3v) is 2.51. The Hall–Kier alpha value is -1.62. The number of hydrogen-bond acceptors (Lipinski definition) is 4. The molecule has 0 atom stereocenters. The fraction of sp³-hybridized carbons (Fsp3) is 0.500. The molecule has 4 N–H and O–H groups in total. The lowest BCUT2D eigenvalue weighted by Gasteiger charge is -2.22. The largest absolute Gasteiger partial charge is 0.368 e. The monoisotopic (exact) mass is 236 g/mol. The van der Waals surface area contributed by atoms with Crippen molar-refractivity contribution < 1.29 is 4.79 Å². The minimum Gasteiger partial charge on any atom is -0.368 e. The molecule has 0 saturated heterocycles. The first-order valence-corrected chi connectivity index (χ1v) is 5.85. The van der Waals surface area contributed by atoms with E-state index in [1.807, 2.05) is 17.0 Å². The van der Waals surface area contributed by atoms with Crippen molar-refractivity contribution in [1.29, 1.82) is 0 Å². The summed E-state index contributed by atoms with van der Waals surface area (Å²) in [6, 6.07) is 3.79. The molecule has 5 nitrogen and oxygen atoms in total. The highest BCUT2D eigenvalue weighted by Crippen LogP contribution is 2.13. The maximum atomic E-state index is 11.0. The van der Waals surface area contributed by atoms with E-state index in [0.29, 0.717) is 6.54 Å². The molecule has 17 heavy (non-hydrogen) atoms. The topological polar surface area (TPSA) is 85.2 Å². The second-order valence-corrected chi connectivity index (χ2v) is 3.95. The van der Waals surface area contributed by atoms with E-state index in [9.17, 15) is 4.79 Å². The highest BCUT2D eigenvalue weighted by molar-refractivity contribution is 5.79. The molecular weight excluding hydrogens is 216 g/mol. The summed E-state index contributed by atoms with van der Waals surface area (Å²) < 4.78 is 0. The van der Waals surface area contributed by atoms with Gasteiger partial charge in [0.2, 0.25) is 5.91 Å². The van der Waals surface area contributed by atoms with Crippen molar-refractivity contribution in [2.75, 3.05) is 18.0 Å². The number of anilines is 1. The molecule has 0 aliphatic rings. The molecule has 5 heteroatoms. The Morgan fingerprint density at radius 1 is 1.47 bits per heavy atom. The second kappa shape index (κ2) is 6.85. The van der Waals surface area contributed by atoms with Crippen molar-refractivity contribution in [3.05, 3.63) is 24.0 Å². The molecule has 0 saturated carbocycles. The minimum atomic E-state index is -0.330. The van der Waals surface area contributed by atoms with Crippen LogP contribution in [0, 0.1) is 0 Å². The van der Waals surface area contributed by atoms with Crippen molar-refractivity contribution in [1.82, 2.24) is 4.98 Å². The van der Waals surface area contributed by atoms with Gasteiger partial charge in [0.1, 0.15) is 0 Å². The summed E-state index contributed by atoms with van der Waals surface area (Å²) in [5.74, 6) is -0.330. The fourth-order valence-corrected chi connectivity index (χ4v) is 1.56. The molecule has 94 valence electrons. The Morgan fingerprint density at radius 2 is 2.24 bits per heavy atom. The van der Waals surface area contributed by atoms with Gasteiger partial charge in [-0.2, -0.15) is 0 Å². The number of primary amides is 1. The molecule has 0 bridgehead atoms. The first kappa shape index (κ1) is 13.4. The van der Waals surface area contributed by atoms with Gasteiger partial charge in [-0.25, -0.2) is 0 Å². The third kappa shape index (κ3) is 4.40. The van der Waals surface area contributed by atoms with Crippen LogP contribution in [0.2, 0.25) is 0 Å². The SMILES string of the molecule is CCCCN(CC(N)=O)c1ccc(CN)nc1. The van der Waals surface area contributed by atoms with Crippen LogP contribution in [0.25, 0.3) is 0 Å². The summed E-state index contributed by atoms with van der Waals surface area (Å²) >= 11 is 0. The number of nitrogens with zero attached hydrogens (tertiary/aromatic N) is 2. The molecule has 0 unspecified atom stereocenters. The molecule has 1 heterocycles. The lowest BCUT2D eigenvalue weighted by molar-refractivity contribution is -0.116. The second-order valence-electron chi connectivity index (χ2n) is 3.95. The van der Waals surface area contributed by atoms with Crippen molar-refractivity contribution in [2.24, 2.45) is 11.5 Å². The van der Waals surface area contributed by atoms with E-state index in [4.69, 9.17) is 11.5 Å². The Bertz CT molecular complexity index is 350. The van der Waals surface area contributed by atoms with E-state index in [-0.39, 0.29) is 12.5 Å². The van der Waals surface area contributed by atoms with Gasteiger partial charge in [-0.05, 0) is 18.6 Å². The van der Waals surface area contributed by atoms with Crippen molar-refractivity contribution in [3.63, 3.8) is 0 Å².